The van der Waals surface area contributed by atoms with E-state index in [-0.39, 0.29) is 19.3 Å². The molecule has 0 saturated heterocycles. The molecule has 2 aromatic rings. The first-order valence-electron chi connectivity index (χ1n) is 11.9. The SMILES string of the molecule is CC(O)C(NC(=O)C(Cc1c[nH]c2ccccc12)NC(=O)C(N)CCC(=O)O)C(=O)NC(CC(=O)O)C(=O)O. The number of H-pyrrole nitrogens is 1. The van der Waals surface area contributed by atoms with Crippen LogP contribution >= 0.6 is 0 Å². The molecule has 0 aliphatic rings. The van der Waals surface area contributed by atoms with E-state index in [1.54, 1.807) is 30.5 Å². The number of aromatic nitrogens is 1. The van der Waals surface area contributed by atoms with Crippen molar-refractivity contribution >= 4 is 46.5 Å². The largest absolute Gasteiger partial charge is 0.481 e. The Hall–Kier alpha value is -4.50. The van der Waals surface area contributed by atoms with Crippen LogP contribution in [0.2, 0.25) is 0 Å². The van der Waals surface area contributed by atoms with Gasteiger partial charge in [-0.3, -0.25) is 24.0 Å². The van der Waals surface area contributed by atoms with E-state index in [0.717, 1.165) is 17.8 Å². The van der Waals surface area contributed by atoms with Crippen LogP contribution in [0.1, 0.15) is 31.7 Å². The summed E-state index contributed by atoms with van der Waals surface area (Å²) in [7, 11) is 0. The number of amides is 3. The number of carboxylic acids is 3. The van der Waals surface area contributed by atoms with Gasteiger partial charge in [-0.1, -0.05) is 18.2 Å². The molecule has 0 fully saturated rings. The highest BCUT2D eigenvalue weighted by molar-refractivity contribution is 5.95. The molecule has 1 aromatic heterocycles. The molecule has 0 saturated carbocycles. The molecule has 15 heteroatoms. The molecule has 39 heavy (non-hydrogen) atoms. The summed E-state index contributed by atoms with van der Waals surface area (Å²) in [6.45, 7) is 1.15. The van der Waals surface area contributed by atoms with E-state index in [4.69, 9.17) is 15.9 Å². The van der Waals surface area contributed by atoms with Gasteiger partial charge >= 0.3 is 17.9 Å². The van der Waals surface area contributed by atoms with E-state index in [0.29, 0.717) is 5.56 Å². The van der Waals surface area contributed by atoms with Crippen LogP contribution in [0.5, 0.6) is 0 Å². The topological polar surface area (TPSA) is 261 Å². The monoisotopic (exact) mass is 549 g/mol. The van der Waals surface area contributed by atoms with Gasteiger partial charge in [0.05, 0.1) is 18.6 Å². The summed E-state index contributed by atoms with van der Waals surface area (Å²) in [5.41, 5.74) is 7.13. The van der Waals surface area contributed by atoms with Crippen LogP contribution in [0.15, 0.2) is 30.5 Å². The molecule has 0 radical (unpaired) electrons. The predicted molar refractivity (Wildman–Crippen MR) is 134 cm³/mol. The van der Waals surface area contributed by atoms with E-state index in [2.05, 4.69) is 15.6 Å². The molecule has 0 bridgehead atoms. The lowest BCUT2D eigenvalue weighted by atomic mass is 10.0. The number of rotatable bonds is 15. The maximum atomic E-state index is 13.3. The quantitative estimate of drug-likeness (QED) is 0.121. The van der Waals surface area contributed by atoms with Crippen LogP contribution in [-0.4, -0.2) is 91.3 Å². The van der Waals surface area contributed by atoms with Gasteiger partial charge in [-0.05, 0) is 25.0 Å². The normalized spacial score (nSPS) is 14.8. The maximum Gasteiger partial charge on any atom is 0.326 e. The van der Waals surface area contributed by atoms with Crippen LogP contribution in [0, 0.1) is 0 Å². The second-order valence-corrected chi connectivity index (χ2v) is 8.89. The van der Waals surface area contributed by atoms with Gasteiger partial charge in [-0.15, -0.1) is 0 Å². The van der Waals surface area contributed by atoms with Crippen LogP contribution in [0.3, 0.4) is 0 Å². The van der Waals surface area contributed by atoms with Crippen molar-refractivity contribution in [2.24, 2.45) is 5.73 Å². The number of hydrogen-bond donors (Lipinski definition) is 9. The molecule has 2 rings (SSSR count). The van der Waals surface area contributed by atoms with E-state index < -0.39 is 72.3 Å². The van der Waals surface area contributed by atoms with Gasteiger partial charge < -0.3 is 47.1 Å². The van der Waals surface area contributed by atoms with Crippen molar-refractivity contribution in [2.75, 3.05) is 0 Å². The zero-order chi connectivity index (χ0) is 29.3. The maximum absolute atomic E-state index is 13.3. The number of carbonyl (C=O) groups is 6. The molecule has 3 amide bonds. The number of aliphatic carboxylic acids is 3. The lowest BCUT2D eigenvalue weighted by molar-refractivity contribution is -0.148. The van der Waals surface area contributed by atoms with Gasteiger partial charge in [-0.25, -0.2) is 4.79 Å². The summed E-state index contributed by atoms with van der Waals surface area (Å²) >= 11 is 0. The van der Waals surface area contributed by atoms with Crippen molar-refractivity contribution in [3.05, 3.63) is 36.0 Å². The number of para-hydroxylation sites is 1. The zero-order valence-corrected chi connectivity index (χ0v) is 20.9. The average Bonchev–Trinajstić information content (AvgIpc) is 3.26. The first-order chi connectivity index (χ1) is 18.3. The number of hydrogen-bond acceptors (Lipinski definition) is 8. The Kier molecular flexibility index (Phi) is 10.9. The lowest BCUT2D eigenvalue weighted by Crippen LogP contribution is -2.60. The number of carboxylic acid groups (broad SMARTS) is 3. The van der Waals surface area contributed by atoms with Crippen molar-refractivity contribution < 1.29 is 49.2 Å². The Balaban J connectivity index is 2.28. The first-order valence-corrected chi connectivity index (χ1v) is 11.9. The van der Waals surface area contributed by atoms with Crippen molar-refractivity contribution in [1.82, 2.24) is 20.9 Å². The summed E-state index contributed by atoms with van der Waals surface area (Å²) in [6, 6.07) is 0.960. The van der Waals surface area contributed by atoms with Crippen molar-refractivity contribution in [1.29, 1.82) is 0 Å². The van der Waals surface area contributed by atoms with E-state index in [1.807, 2.05) is 5.32 Å². The van der Waals surface area contributed by atoms with Gasteiger partial charge in [0.15, 0.2) is 0 Å². The third-order valence-electron chi connectivity index (χ3n) is 5.79. The van der Waals surface area contributed by atoms with E-state index in [9.17, 15) is 39.0 Å². The fraction of sp³-hybridized carbons (Fsp3) is 0.417. The molecule has 10 N–H and O–H groups in total. The number of aliphatic hydroxyl groups excluding tert-OH is 1. The van der Waals surface area contributed by atoms with Gasteiger partial charge in [0.1, 0.15) is 18.1 Å². The van der Waals surface area contributed by atoms with Crippen LogP contribution in [0.4, 0.5) is 0 Å². The molecule has 0 aliphatic carbocycles. The molecule has 5 unspecified atom stereocenters. The third-order valence-corrected chi connectivity index (χ3v) is 5.79. The highest BCUT2D eigenvalue weighted by atomic mass is 16.4. The molecule has 15 nitrogen and oxygen atoms in total. The molecule has 0 aliphatic heterocycles. The number of aliphatic hydroxyl groups is 1. The van der Waals surface area contributed by atoms with Gasteiger partial charge in [-0.2, -0.15) is 0 Å². The second-order valence-electron chi connectivity index (χ2n) is 8.89. The first kappa shape index (κ1) is 30.7. The summed E-state index contributed by atoms with van der Waals surface area (Å²) in [5, 5.41) is 44.5. The average molecular weight is 550 g/mol. The van der Waals surface area contributed by atoms with Gasteiger partial charge in [0.25, 0.3) is 0 Å². The Bertz CT molecular complexity index is 1230. The molecule has 0 spiro atoms. The highest BCUT2D eigenvalue weighted by Crippen LogP contribution is 2.19. The number of carbonyl (C=O) groups excluding carboxylic acids is 3. The molecule has 1 heterocycles. The fourth-order valence-corrected chi connectivity index (χ4v) is 3.71. The number of benzene rings is 1. The number of fused-ring (bicyclic) bond motifs is 1. The Morgan fingerprint density at radius 1 is 0.897 bits per heavy atom. The minimum atomic E-state index is -1.83. The van der Waals surface area contributed by atoms with Gasteiger partial charge in [0.2, 0.25) is 17.7 Å². The van der Waals surface area contributed by atoms with Crippen LogP contribution in [-0.2, 0) is 35.2 Å². The smallest absolute Gasteiger partial charge is 0.326 e. The van der Waals surface area contributed by atoms with Crippen molar-refractivity contribution in [2.45, 2.75) is 62.9 Å². The fourth-order valence-electron chi connectivity index (χ4n) is 3.71. The van der Waals surface area contributed by atoms with Crippen molar-refractivity contribution in [3.63, 3.8) is 0 Å². The Labute approximate surface area is 221 Å². The van der Waals surface area contributed by atoms with E-state index in [1.165, 1.54) is 0 Å². The standard InChI is InChI=1S/C24H31N5O10/c1-11(30)20(23(37)28-17(24(38)39)9-19(33)34)29-22(36)16(27-21(35)14(25)6-7-18(31)32)8-12-10-26-15-5-3-2-4-13(12)15/h2-5,10-11,14,16-17,20,26,30H,6-9,25H2,1H3,(H,27,35)(H,28,37)(H,29,36)(H,31,32)(H,33,34)(H,38,39). The second kappa shape index (κ2) is 13.9. The number of nitrogens with one attached hydrogen (secondary N) is 4. The summed E-state index contributed by atoms with van der Waals surface area (Å²) < 4.78 is 0. The molecule has 212 valence electrons. The number of aromatic amines is 1. The predicted octanol–water partition coefficient (Wildman–Crippen LogP) is -1.70. The summed E-state index contributed by atoms with van der Waals surface area (Å²) in [4.78, 5) is 74.8. The Morgan fingerprint density at radius 2 is 1.54 bits per heavy atom. The molecule has 1 aromatic carbocycles. The molecular weight excluding hydrogens is 518 g/mol. The minimum absolute atomic E-state index is 0.0991. The molecular formula is C24H31N5O10. The zero-order valence-electron chi connectivity index (χ0n) is 20.9. The Morgan fingerprint density at radius 3 is 2.13 bits per heavy atom. The number of nitrogens with two attached hydrogens (primary N) is 1. The minimum Gasteiger partial charge on any atom is -0.481 e. The molecule has 5 atom stereocenters. The van der Waals surface area contributed by atoms with E-state index >= 15 is 0 Å². The third kappa shape index (κ3) is 9.08. The highest BCUT2D eigenvalue weighted by Gasteiger charge is 2.33. The lowest BCUT2D eigenvalue weighted by Gasteiger charge is -2.26. The van der Waals surface area contributed by atoms with Gasteiger partial charge in [0, 0.05) is 29.9 Å². The van der Waals surface area contributed by atoms with Crippen molar-refractivity contribution in [3.8, 4) is 0 Å². The summed E-state index contributed by atoms with van der Waals surface area (Å²) in [6.07, 6.45) is -1.58. The van der Waals surface area contributed by atoms with Crippen LogP contribution in [0.25, 0.3) is 10.9 Å². The summed E-state index contributed by atoms with van der Waals surface area (Å²) in [5.74, 6) is -7.24. The van der Waals surface area contributed by atoms with Crippen LogP contribution < -0.4 is 21.7 Å².